The number of benzene rings is 3. The molecule has 0 aliphatic carbocycles. The van der Waals surface area contributed by atoms with Crippen LogP contribution in [-0.4, -0.2) is 23.5 Å². The van der Waals surface area contributed by atoms with Gasteiger partial charge in [-0.15, -0.1) is 0 Å². The average Bonchev–Trinajstić information content (AvgIpc) is 3.28. The summed E-state index contributed by atoms with van der Waals surface area (Å²) in [7, 11) is 1.71. The summed E-state index contributed by atoms with van der Waals surface area (Å²) >= 11 is 0. The minimum atomic E-state index is 0.496. The summed E-state index contributed by atoms with van der Waals surface area (Å²) in [5, 5.41) is 2.47. The van der Waals surface area contributed by atoms with Crippen LogP contribution in [0.1, 0.15) is 30.0 Å². The molecule has 0 spiro atoms. The van der Waals surface area contributed by atoms with E-state index < -0.39 is 0 Å². The zero-order valence-electron chi connectivity index (χ0n) is 17.3. The summed E-state index contributed by atoms with van der Waals surface area (Å²) in [5.74, 6) is 0.876. The minimum Gasteiger partial charge on any atom is -0.497 e. The molecule has 1 saturated heterocycles. The highest BCUT2D eigenvalue weighted by molar-refractivity contribution is 5.98. The number of methoxy groups -OCH3 is 1. The molecule has 1 aliphatic heterocycles. The van der Waals surface area contributed by atoms with Crippen LogP contribution < -0.4 is 4.74 Å². The Balaban J connectivity index is 1.52. The normalized spacial score (nSPS) is 16.8. The molecule has 3 heteroatoms. The second-order valence-corrected chi connectivity index (χ2v) is 7.96. The molecule has 0 saturated carbocycles. The molecule has 1 aromatic heterocycles. The minimum absolute atomic E-state index is 0.496. The van der Waals surface area contributed by atoms with E-state index in [0.29, 0.717) is 6.04 Å². The number of aromatic nitrogens is 1. The van der Waals surface area contributed by atoms with Gasteiger partial charge in [0.05, 0.1) is 7.11 Å². The molecule has 1 unspecified atom stereocenters. The number of hydrogen-bond acceptors (Lipinski definition) is 3. The Morgan fingerprint density at radius 2 is 1.87 bits per heavy atom. The SMILES string of the molecule is COc1cccc(-c2ccc(CN3CCCC3c3ccccc3)c3cnccc23)c1. The van der Waals surface area contributed by atoms with Crippen molar-refractivity contribution in [2.45, 2.75) is 25.4 Å². The highest BCUT2D eigenvalue weighted by Gasteiger charge is 2.26. The number of fused-ring (bicyclic) bond motifs is 1. The number of nitrogens with zero attached hydrogens (tertiary/aromatic N) is 2. The molecule has 4 aromatic rings. The van der Waals surface area contributed by atoms with Crippen molar-refractivity contribution in [2.75, 3.05) is 13.7 Å². The molecule has 1 fully saturated rings. The van der Waals surface area contributed by atoms with Gasteiger partial charge in [-0.1, -0.05) is 54.6 Å². The van der Waals surface area contributed by atoms with Gasteiger partial charge in [-0.05, 0) is 65.2 Å². The molecule has 3 aromatic carbocycles. The van der Waals surface area contributed by atoms with Crippen molar-refractivity contribution in [3.63, 3.8) is 0 Å². The fourth-order valence-electron chi connectivity index (χ4n) is 4.72. The monoisotopic (exact) mass is 394 g/mol. The van der Waals surface area contributed by atoms with Gasteiger partial charge < -0.3 is 4.74 Å². The maximum absolute atomic E-state index is 5.44. The first-order valence-electron chi connectivity index (χ1n) is 10.6. The number of rotatable bonds is 5. The van der Waals surface area contributed by atoms with E-state index in [2.05, 4.69) is 70.5 Å². The maximum Gasteiger partial charge on any atom is 0.119 e. The van der Waals surface area contributed by atoms with E-state index in [0.717, 1.165) is 18.8 Å². The smallest absolute Gasteiger partial charge is 0.119 e. The van der Waals surface area contributed by atoms with Crippen LogP contribution in [-0.2, 0) is 6.54 Å². The number of hydrogen-bond donors (Lipinski definition) is 0. The lowest BCUT2D eigenvalue weighted by atomic mass is 9.95. The van der Waals surface area contributed by atoms with E-state index in [9.17, 15) is 0 Å². The molecule has 1 atom stereocenters. The van der Waals surface area contributed by atoms with Gasteiger partial charge in [0.2, 0.25) is 0 Å². The van der Waals surface area contributed by atoms with Crippen molar-refractivity contribution in [3.8, 4) is 16.9 Å². The summed E-state index contributed by atoms with van der Waals surface area (Å²) in [6.07, 6.45) is 6.38. The fraction of sp³-hybridized carbons (Fsp3) is 0.222. The summed E-state index contributed by atoms with van der Waals surface area (Å²) in [4.78, 5) is 7.06. The highest BCUT2D eigenvalue weighted by Crippen LogP contribution is 2.36. The quantitative estimate of drug-likeness (QED) is 0.400. The van der Waals surface area contributed by atoms with Crippen LogP contribution in [0.15, 0.2) is 85.2 Å². The Bertz CT molecular complexity index is 1160. The first-order valence-corrected chi connectivity index (χ1v) is 10.6. The number of pyridine rings is 1. The third-order valence-electron chi connectivity index (χ3n) is 6.21. The molecule has 150 valence electrons. The van der Waals surface area contributed by atoms with Crippen LogP contribution in [0.5, 0.6) is 5.75 Å². The zero-order valence-corrected chi connectivity index (χ0v) is 17.3. The van der Waals surface area contributed by atoms with Crippen molar-refractivity contribution in [1.29, 1.82) is 0 Å². The van der Waals surface area contributed by atoms with Gasteiger partial charge in [0.25, 0.3) is 0 Å². The predicted molar refractivity (Wildman–Crippen MR) is 123 cm³/mol. The van der Waals surface area contributed by atoms with Crippen LogP contribution in [0.25, 0.3) is 21.9 Å². The molecule has 3 nitrogen and oxygen atoms in total. The van der Waals surface area contributed by atoms with E-state index in [1.165, 1.54) is 45.9 Å². The van der Waals surface area contributed by atoms with Crippen LogP contribution >= 0.6 is 0 Å². The van der Waals surface area contributed by atoms with Crippen LogP contribution in [0, 0.1) is 0 Å². The lowest BCUT2D eigenvalue weighted by Crippen LogP contribution is -2.22. The Kier molecular flexibility index (Phi) is 5.20. The molecule has 30 heavy (non-hydrogen) atoms. The van der Waals surface area contributed by atoms with Crippen LogP contribution in [0.3, 0.4) is 0 Å². The topological polar surface area (TPSA) is 25.4 Å². The van der Waals surface area contributed by atoms with Crippen LogP contribution in [0.2, 0.25) is 0 Å². The van der Waals surface area contributed by atoms with E-state index in [4.69, 9.17) is 4.74 Å². The average molecular weight is 395 g/mol. The number of likely N-dealkylation sites (tertiary alicyclic amines) is 1. The van der Waals surface area contributed by atoms with Crippen LogP contribution in [0.4, 0.5) is 0 Å². The molecule has 0 N–H and O–H groups in total. The Labute approximate surface area is 178 Å². The van der Waals surface area contributed by atoms with E-state index in [1.54, 1.807) is 7.11 Å². The summed E-state index contributed by atoms with van der Waals surface area (Å²) in [6, 6.07) is 26.3. The fourth-order valence-corrected chi connectivity index (χ4v) is 4.72. The Morgan fingerprint density at radius 3 is 2.73 bits per heavy atom. The molecule has 5 rings (SSSR count). The first-order chi connectivity index (χ1) is 14.8. The van der Waals surface area contributed by atoms with Crippen molar-refractivity contribution in [1.82, 2.24) is 9.88 Å². The van der Waals surface area contributed by atoms with Gasteiger partial charge in [0.1, 0.15) is 5.75 Å². The largest absolute Gasteiger partial charge is 0.497 e. The van der Waals surface area contributed by atoms with Crippen molar-refractivity contribution >= 4 is 10.8 Å². The third-order valence-corrected chi connectivity index (χ3v) is 6.21. The van der Waals surface area contributed by atoms with Gasteiger partial charge in [0.15, 0.2) is 0 Å². The summed E-state index contributed by atoms with van der Waals surface area (Å²) in [5.41, 5.74) is 5.15. The van der Waals surface area contributed by atoms with Crippen molar-refractivity contribution in [3.05, 3.63) is 96.3 Å². The second-order valence-electron chi connectivity index (χ2n) is 7.96. The highest BCUT2D eigenvalue weighted by atomic mass is 16.5. The van der Waals surface area contributed by atoms with Gasteiger partial charge in [-0.3, -0.25) is 9.88 Å². The molecule has 1 aliphatic rings. The molecule has 2 heterocycles. The van der Waals surface area contributed by atoms with Gasteiger partial charge in [-0.2, -0.15) is 0 Å². The van der Waals surface area contributed by atoms with Gasteiger partial charge in [0, 0.05) is 30.4 Å². The Morgan fingerprint density at radius 1 is 0.967 bits per heavy atom. The predicted octanol–water partition coefficient (Wildman–Crippen LogP) is 6.25. The zero-order chi connectivity index (χ0) is 20.3. The Hall–Kier alpha value is -3.17. The number of ether oxygens (including phenoxy) is 1. The molecular weight excluding hydrogens is 368 g/mol. The third kappa shape index (κ3) is 3.57. The molecule has 0 amide bonds. The summed E-state index contributed by atoms with van der Waals surface area (Å²) < 4.78 is 5.44. The van der Waals surface area contributed by atoms with Crippen molar-refractivity contribution < 1.29 is 4.74 Å². The van der Waals surface area contributed by atoms with E-state index in [1.807, 2.05) is 24.5 Å². The molecule has 0 radical (unpaired) electrons. The van der Waals surface area contributed by atoms with Gasteiger partial charge >= 0.3 is 0 Å². The lowest BCUT2D eigenvalue weighted by molar-refractivity contribution is 0.249. The van der Waals surface area contributed by atoms with Crippen molar-refractivity contribution in [2.24, 2.45) is 0 Å². The molecular formula is C27H26N2O. The standard InChI is InChI=1S/C27H26N2O/c1-30-23-10-5-9-21(17-23)24-13-12-22(26-18-28-15-14-25(24)26)19-29-16-6-11-27(29)20-7-3-2-4-8-20/h2-5,7-10,12-15,17-18,27H,6,11,16,19H2,1H3. The van der Waals surface area contributed by atoms with E-state index in [-0.39, 0.29) is 0 Å². The van der Waals surface area contributed by atoms with Gasteiger partial charge in [-0.25, -0.2) is 0 Å². The van der Waals surface area contributed by atoms with E-state index >= 15 is 0 Å². The summed E-state index contributed by atoms with van der Waals surface area (Å²) in [6.45, 7) is 2.08. The maximum atomic E-state index is 5.44. The first kappa shape index (κ1) is 18.8. The second kappa shape index (κ2) is 8.29. The lowest BCUT2D eigenvalue weighted by Gasteiger charge is -2.26. The molecule has 0 bridgehead atoms.